The molecule has 0 aliphatic rings. The Balaban J connectivity index is 1.76. The van der Waals surface area contributed by atoms with Crippen LogP contribution in [-0.2, 0) is 12.2 Å². The van der Waals surface area contributed by atoms with Crippen LogP contribution in [0.2, 0.25) is 10.0 Å². The van der Waals surface area contributed by atoms with E-state index in [-0.39, 0.29) is 28.2 Å². The van der Waals surface area contributed by atoms with Gasteiger partial charge < -0.3 is 9.84 Å². The van der Waals surface area contributed by atoms with Gasteiger partial charge >= 0.3 is 0 Å². The molecule has 11 heteroatoms. The molecule has 4 heterocycles. The lowest BCUT2D eigenvalue weighted by molar-refractivity contribution is 0.0688. The first-order valence-corrected chi connectivity index (χ1v) is 12.3. The summed E-state index contributed by atoms with van der Waals surface area (Å²) in [5.41, 5.74) is 1.75. The van der Waals surface area contributed by atoms with Gasteiger partial charge in [0.1, 0.15) is 23.0 Å². The number of pyridine rings is 2. The van der Waals surface area contributed by atoms with Gasteiger partial charge in [-0.15, -0.1) is 11.3 Å². The van der Waals surface area contributed by atoms with Crippen LogP contribution >= 0.6 is 34.5 Å². The largest absolute Gasteiger partial charge is 0.485 e. The van der Waals surface area contributed by atoms with E-state index in [0.717, 1.165) is 16.3 Å². The summed E-state index contributed by atoms with van der Waals surface area (Å²) in [6.45, 7) is 8.91. The van der Waals surface area contributed by atoms with Crippen LogP contribution in [0.5, 0.6) is 5.75 Å². The average molecular weight is 532 g/mol. The third-order valence-electron chi connectivity index (χ3n) is 5.18. The maximum atomic E-state index is 13.3. The van der Waals surface area contributed by atoms with Gasteiger partial charge in [0, 0.05) is 29.5 Å². The first kappa shape index (κ1) is 25.2. The maximum Gasteiger partial charge on any atom is 0.277 e. The van der Waals surface area contributed by atoms with Crippen LogP contribution < -0.4 is 10.3 Å². The molecule has 4 aromatic heterocycles. The SMILES string of the molecule is Cc1nc(COc2cc(C)n(-c3cc(-c4nc(C(C)(C)O)ncc4C)ncc3Cl)c(=O)c2Cl)cs1. The second-order valence-electron chi connectivity index (χ2n) is 8.56. The van der Waals surface area contributed by atoms with Gasteiger partial charge in [-0.25, -0.2) is 15.0 Å². The van der Waals surface area contributed by atoms with E-state index in [2.05, 4.69) is 19.9 Å². The van der Waals surface area contributed by atoms with Gasteiger partial charge in [0.05, 0.1) is 32.8 Å². The topological polar surface area (TPSA) is 103 Å². The van der Waals surface area contributed by atoms with Crippen LogP contribution in [0.25, 0.3) is 17.1 Å². The van der Waals surface area contributed by atoms with Gasteiger partial charge in [-0.2, -0.15) is 0 Å². The van der Waals surface area contributed by atoms with Crippen molar-refractivity contribution in [1.82, 2.24) is 24.5 Å². The number of thiazole rings is 1. The van der Waals surface area contributed by atoms with Crippen molar-refractivity contribution in [3.8, 4) is 22.8 Å². The predicted octanol–water partition coefficient (Wildman–Crippen LogP) is 5.18. The third-order valence-corrected chi connectivity index (χ3v) is 6.64. The molecule has 0 amide bonds. The number of hydrogen-bond acceptors (Lipinski definition) is 8. The minimum absolute atomic E-state index is 0.0699. The Morgan fingerprint density at radius 3 is 2.51 bits per heavy atom. The molecule has 0 saturated heterocycles. The van der Waals surface area contributed by atoms with Gasteiger partial charge in [0.2, 0.25) is 0 Å². The molecule has 0 aliphatic carbocycles. The minimum Gasteiger partial charge on any atom is -0.485 e. The molecule has 0 aliphatic heterocycles. The summed E-state index contributed by atoms with van der Waals surface area (Å²) in [4.78, 5) is 30.8. The molecule has 1 N–H and O–H groups in total. The highest BCUT2D eigenvalue weighted by molar-refractivity contribution is 7.09. The molecule has 182 valence electrons. The Hall–Kier alpha value is -2.85. The summed E-state index contributed by atoms with van der Waals surface area (Å²) in [5.74, 6) is 0.521. The van der Waals surface area contributed by atoms with E-state index >= 15 is 0 Å². The fraction of sp³-hybridized carbons (Fsp3) is 0.292. The fourth-order valence-corrected chi connectivity index (χ4v) is 4.42. The molecule has 8 nitrogen and oxygen atoms in total. The number of nitrogens with zero attached hydrogens (tertiary/aromatic N) is 5. The molecular weight excluding hydrogens is 509 g/mol. The minimum atomic E-state index is -1.23. The first-order chi connectivity index (χ1) is 16.5. The summed E-state index contributed by atoms with van der Waals surface area (Å²) < 4.78 is 7.19. The summed E-state index contributed by atoms with van der Waals surface area (Å²) in [7, 11) is 0. The van der Waals surface area contributed by atoms with E-state index in [0.29, 0.717) is 22.8 Å². The molecule has 0 bridgehead atoms. The Labute approximate surface area is 216 Å². The van der Waals surface area contributed by atoms with Crippen molar-refractivity contribution >= 4 is 34.5 Å². The number of aryl methyl sites for hydroxylation is 3. The highest BCUT2D eigenvalue weighted by atomic mass is 35.5. The summed E-state index contributed by atoms with van der Waals surface area (Å²) in [6, 6.07) is 3.34. The number of halogens is 2. The standard InChI is InChI=1S/C24H23Cl2N5O3S/c1-12-8-28-23(24(4,5)33)30-21(12)17-7-18(16(25)9-27-17)31-13(2)6-19(20(26)22(31)32)34-10-15-11-35-14(3)29-15/h6-9,11,33H,10H2,1-5H3. The van der Waals surface area contributed by atoms with Crippen LogP contribution in [0, 0.1) is 20.8 Å². The number of aromatic nitrogens is 5. The van der Waals surface area contributed by atoms with Gasteiger partial charge in [-0.05, 0) is 46.2 Å². The lowest BCUT2D eigenvalue weighted by atomic mass is 10.1. The van der Waals surface area contributed by atoms with E-state index in [4.69, 9.17) is 27.9 Å². The molecule has 4 aromatic rings. The van der Waals surface area contributed by atoms with Crippen molar-refractivity contribution in [2.75, 3.05) is 0 Å². The molecule has 0 spiro atoms. The smallest absolute Gasteiger partial charge is 0.277 e. The van der Waals surface area contributed by atoms with Gasteiger partial charge in [-0.3, -0.25) is 14.3 Å². The van der Waals surface area contributed by atoms with Crippen molar-refractivity contribution in [3.63, 3.8) is 0 Å². The molecule has 35 heavy (non-hydrogen) atoms. The van der Waals surface area contributed by atoms with Gasteiger partial charge in [0.15, 0.2) is 5.82 Å². The zero-order valence-electron chi connectivity index (χ0n) is 19.8. The van der Waals surface area contributed by atoms with Crippen molar-refractivity contribution < 1.29 is 9.84 Å². The van der Waals surface area contributed by atoms with E-state index in [1.807, 2.05) is 19.2 Å². The van der Waals surface area contributed by atoms with Crippen LogP contribution in [0.3, 0.4) is 0 Å². The van der Waals surface area contributed by atoms with E-state index in [1.54, 1.807) is 39.1 Å². The second-order valence-corrected chi connectivity index (χ2v) is 10.4. The van der Waals surface area contributed by atoms with Crippen molar-refractivity contribution in [2.24, 2.45) is 0 Å². The monoisotopic (exact) mass is 531 g/mol. The third kappa shape index (κ3) is 5.23. The lowest BCUT2D eigenvalue weighted by Gasteiger charge is -2.18. The number of ether oxygens (including phenoxy) is 1. The summed E-state index contributed by atoms with van der Waals surface area (Å²) in [6.07, 6.45) is 3.07. The Kier molecular flexibility index (Phi) is 6.97. The molecule has 4 rings (SSSR count). The van der Waals surface area contributed by atoms with Crippen molar-refractivity contribution in [2.45, 2.75) is 46.8 Å². The number of hydrogen-bond donors (Lipinski definition) is 1. The zero-order valence-corrected chi connectivity index (χ0v) is 22.1. The second kappa shape index (κ2) is 9.66. The highest BCUT2D eigenvalue weighted by Crippen LogP contribution is 2.30. The van der Waals surface area contributed by atoms with Crippen molar-refractivity contribution in [3.05, 3.63) is 78.1 Å². The van der Waals surface area contributed by atoms with Crippen LogP contribution in [-0.4, -0.2) is 29.6 Å². The Morgan fingerprint density at radius 2 is 1.86 bits per heavy atom. The maximum absolute atomic E-state index is 13.3. The number of aliphatic hydroxyl groups is 1. The lowest BCUT2D eigenvalue weighted by Crippen LogP contribution is -2.22. The summed E-state index contributed by atoms with van der Waals surface area (Å²) >= 11 is 14.4. The van der Waals surface area contributed by atoms with Crippen molar-refractivity contribution in [1.29, 1.82) is 0 Å². The molecule has 0 aromatic carbocycles. The van der Waals surface area contributed by atoms with Crippen LogP contribution in [0.15, 0.2) is 34.7 Å². The summed E-state index contributed by atoms with van der Waals surface area (Å²) in [5, 5.41) is 13.3. The van der Waals surface area contributed by atoms with Crippen LogP contribution in [0.4, 0.5) is 0 Å². The molecular formula is C24H23Cl2N5O3S. The van der Waals surface area contributed by atoms with Gasteiger partial charge in [0.25, 0.3) is 5.56 Å². The van der Waals surface area contributed by atoms with Gasteiger partial charge in [-0.1, -0.05) is 23.2 Å². The average Bonchev–Trinajstić information content (AvgIpc) is 3.21. The Bertz CT molecular complexity index is 1480. The van der Waals surface area contributed by atoms with Crippen LogP contribution in [0.1, 0.15) is 41.6 Å². The normalized spacial score (nSPS) is 11.7. The molecule has 0 unspecified atom stereocenters. The molecule has 0 fully saturated rings. The Morgan fingerprint density at radius 1 is 1.11 bits per heavy atom. The molecule has 0 radical (unpaired) electrons. The van der Waals surface area contributed by atoms with E-state index in [1.165, 1.54) is 22.1 Å². The molecule has 0 saturated carbocycles. The number of rotatable bonds is 6. The van der Waals surface area contributed by atoms with E-state index in [9.17, 15) is 9.90 Å². The highest BCUT2D eigenvalue weighted by Gasteiger charge is 2.22. The predicted molar refractivity (Wildman–Crippen MR) is 137 cm³/mol. The van der Waals surface area contributed by atoms with E-state index < -0.39 is 11.2 Å². The quantitative estimate of drug-likeness (QED) is 0.365. The zero-order chi connectivity index (χ0) is 25.5. The first-order valence-electron chi connectivity index (χ1n) is 10.6. The molecule has 0 atom stereocenters. The fourth-order valence-electron chi connectivity index (χ4n) is 3.44.